The molecule has 6 nitrogen and oxygen atoms in total. The highest BCUT2D eigenvalue weighted by Crippen LogP contribution is 2.05. The first-order valence-electron chi connectivity index (χ1n) is 5.91. The van der Waals surface area contributed by atoms with Gasteiger partial charge in [0.25, 0.3) is 0 Å². The second-order valence-electron chi connectivity index (χ2n) is 4.10. The van der Waals surface area contributed by atoms with Crippen molar-refractivity contribution in [3.63, 3.8) is 0 Å². The van der Waals surface area contributed by atoms with Crippen molar-refractivity contribution < 1.29 is 9.26 Å². The van der Waals surface area contributed by atoms with Gasteiger partial charge in [-0.3, -0.25) is 0 Å². The Morgan fingerprint density at radius 3 is 3.11 bits per heavy atom. The molecular weight excluding hydrogens is 232 g/mol. The average Bonchev–Trinajstić information content (AvgIpc) is 2.95. The topological polar surface area (TPSA) is 65.1 Å². The lowest BCUT2D eigenvalue weighted by molar-refractivity contribution is 0.199. The molecule has 0 aromatic carbocycles. The molecular formula is C12H18N4O2. The van der Waals surface area contributed by atoms with Crippen LogP contribution in [0.25, 0.3) is 0 Å². The summed E-state index contributed by atoms with van der Waals surface area (Å²) < 4.78 is 12.1. The summed E-state index contributed by atoms with van der Waals surface area (Å²) in [5.74, 6) is 1.29. The minimum Gasteiger partial charge on any atom is -0.383 e. The number of hydrogen-bond donors (Lipinski definition) is 1. The second kappa shape index (κ2) is 6.32. The van der Waals surface area contributed by atoms with Crippen LogP contribution in [-0.2, 0) is 17.8 Å². The molecule has 0 aliphatic rings. The molecule has 2 aromatic heterocycles. The van der Waals surface area contributed by atoms with Crippen LogP contribution in [0, 0.1) is 6.92 Å². The van der Waals surface area contributed by atoms with Crippen molar-refractivity contribution in [3.8, 4) is 0 Å². The maximum Gasteiger partial charge on any atom is 0.246 e. The Hall–Kier alpha value is -1.66. The molecule has 0 bridgehead atoms. The van der Waals surface area contributed by atoms with Gasteiger partial charge >= 0.3 is 0 Å². The van der Waals surface area contributed by atoms with Crippen LogP contribution < -0.4 is 5.32 Å². The number of aryl methyl sites for hydroxylation is 1. The highest BCUT2D eigenvalue weighted by atomic mass is 16.5. The standard InChI is InChI=1S/C12H18N4O2/c1-10-14-12(18-15-10)9-16-5-3-11(8-16)7-13-4-6-17-2/h3,5,8,13H,4,6-7,9H2,1-2H3. The van der Waals surface area contributed by atoms with Crippen molar-refractivity contribution in [1.29, 1.82) is 0 Å². The van der Waals surface area contributed by atoms with E-state index in [2.05, 4.69) is 27.7 Å². The van der Waals surface area contributed by atoms with E-state index in [9.17, 15) is 0 Å². The minimum atomic E-state index is 0.610. The third-order valence-corrected chi connectivity index (χ3v) is 2.51. The van der Waals surface area contributed by atoms with Crippen molar-refractivity contribution >= 4 is 0 Å². The van der Waals surface area contributed by atoms with Gasteiger partial charge in [0.1, 0.15) is 6.54 Å². The summed E-state index contributed by atoms with van der Waals surface area (Å²) in [7, 11) is 1.70. The highest BCUT2D eigenvalue weighted by molar-refractivity contribution is 5.10. The minimum absolute atomic E-state index is 0.610. The van der Waals surface area contributed by atoms with E-state index >= 15 is 0 Å². The number of methoxy groups -OCH3 is 1. The smallest absolute Gasteiger partial charge is 0.246 e. The molecule has 18 heavy (non-hydrogen) atoms. The van der Waals surface area contributed by atoms with Crippen LogP contribution in [0.2, 0.25) is 0 Å². The molecule has 0 saturated heterocycles. The fraction of sp³-hybridized carbons (Fsp3) is 0.500. The summed E-state index contributed by atoms with van der Waals surface area (Å²) in [4.78, 5) is 4.17. The van der Waals surface area contributed by atoms with E-state index in [1.54, 1.807) is 7.11 Å². The third-order valence-electron chi connectivity index (χ3n) is 2.51. The molecule has 2 rings (SSSR count). The molecule has 0 fully saturated rings. The maximum atomic E-state index is 5.08. The zero-order chi connectivity index (χ0) is 12.8. The van der Waals surface area contributed by atoms with E-state index < -0.39 is 0 Å². The first-order valence-corrected chi connectivity index (χ1v) is 5.91. The Bertz CT molecular complexity index is 478. The number of aromatic nitrogens is 3. The lowest BCUT2D eigenvalue weighted by Gasteiger charge is -2.01. The van der Waals surface area contributed by atoms with Crippen LogP contribution in [0.15, 0.2) is 23.0 Å². The van der Waals surface area contributed by atoms with Gasteiger partial charge in [0.05, 0.1) is 6.61 Å². The Balaban J connectivity index is 1.82. The van der Waals surface area contributed by atoms with Crippen LogP contribution in [0.4, 0.5) is 0 Å². The number of nitrogens with zero attached hydrogens (tertiary/aromatic N) is 3. The maximum absolute atomic E-state index is 5.08. The van der Waals surface area contributed by atoms with Gasteiger partial charge < -0.3 is 19.1 Å². The van der Waals surface area contributed by atoms with E-state index in [1.807, 2.05) is 17.7 Å². The summed E-state index contributed by atoms with van der Waals surface area (Å²) in [5, 5.41) is 7.06. The predicted molar refractivity (Wildman–Crippen MR) is 66.2 cm³/mol. The fourth-order valence-corrected chi connectivity index (χ4v) is 1.66. The molecule has 0 unspecified atom stereocenters. The molecule has 0 spiro atoms. The van der Waals surface area contributed by atoms with Gasteiger partial charge in [0, 0.05) is 32.6 Å². The van der Waals surface area contributed by atoms with E-state index in [1.165, 1.54) is 5.56 Å². The van der Waals surface area contributed by atoms with Crippen molar-refractivity contribution in [3.05, 3.63) is 35.7 Å². The lowest BCUT2D eigenvalue weighted by atomic mass is 10.3. The van der Waals surface area contributed by atoms with E-state index in [0.29, 0.717) is 18.3 Å². The van der Waals surface area contributed by atoms with Crippen LogP contribution in [0.3, 0.4) is 0 Å². The molecule has 6 heteroatoms. The molecule has 2 heterocycles. The number of rotatable bonds is 7. The van der Waals surface area contributed by atoms with E-state index in [4.69, 9.17) is 9.26 Å². The fourth-order valence-electron chi connectivity index (χ4n) is 1.66. The molecule has 0 aliphatic carbocycles. The average molecular weight is 250 g/mol. The molecule has 0 amide bonds. The Morgan fingerprint density at radius 2 is 2.39 bits per heavy atom. The predicted octanol–water partition coefficient (Wildman–Crippen LogP) is 0.964. The van der Waals surface area contributed by atoms with Gasteiger partial charge in [-0.15, -0.1) is 0 Å². The molecule has 98 valence electrons. The van der Waals surface area contributed by atoms with Crippen LogP contribution in [-0.4, -0.2) is 35.0 Å². The summed E-state index contributed by atoms with van der Waals surface area (Å²) in [6.07, 6.45) is 4.08. The first kappa shape index (κ1) is 12.8. The van der Waals surface area contributed by atoms with Crippen molar-refractivity contribution in [1.82, 2.24) is 20.0 Å². The third kappa shape index (κ3) is 3.68. The second-order valence-corrected chi connectivity index (χ2v) is 4.10. The monoisotopic (exact) mass is 250 g/mol. The Kier molecular flexibility index (Phi) is 4.49. The largest absolute Gasteiger partial charge is 0.383 e. The molecule has 0 atom stereocenters. The van der Waals surface area contributed by atoms with Gasteiger partial charge in [0.15, 0.2) is 5.82 Å². The van der Waals surface area contributed by atoms with E-state index in [-0.39, 0.29) is 0 Å². The van der Waals surface area contributed by atoms with Gasteiger partial charge in [-0.25, -0.2) is 0 Å². The Labute approximate surface area is 106 Å². The SMILES string of the molecule is COCCNCc1ccn(Cc2nc(C)no2)c1. The van der Waals surface area contributed by atoms with Crippen LogP contribution >= 0.6 is 0 Å². The highest BCUT2D eigenvalue weighted by Gasteiger charge is 2.04. The van der Waals surface area contributed by atoms with Crippen LogP contribution in [0.5, 0.6) is 0 Å². The van der Waals surface area contributed by atoms with Gasteiger partial charge in [-0.1, -0.05) is 5.16 Å². The summed E-state index contributed by atoms with van der Waals surface area (Å²) in [5.41, 5.74) is 1.22. The van der Waals surface area contributed by atoms with Crippen molar-refractivity contribution in [2.45, 2.75) is 20.0 Å². The van der Waals surface area contributed by atoms with Gasteiger partial charge in [-0.2, -0.15) is 4.98 Å². The number of ether oxygens (including phenoxy) is 1. The van der Waals surface area contributed by atoms with E-state index in [0.717, 1.165) is 19.7 Å². The van der Waals surface area contributed by atoms with Crippen LogP contribution in [0.1, 0.15) is 17.3 Å². The number of nitrogens with one attached hydrogen (secondary N) is 1. The summed E-state index contributed by atoms with van der Waals surface area (Å²) in [6.45, 7) is 4.83. The zero-order valence-electron chi connectivity index (χ0n) is 10.7. The first-order chi connectivity index (χ1) is 8.78. The Morgan fingerprint density at radius 1 is 1.50 bits per heavy atom. The molecule has 0 radical (unpaired) electrons. The quantitative estimate of drug-likeness (QED) is 0.742. The summed E-state index contributed by atoms with van der Waals surface area (Å²) in [6, 6.07) is 2.07. The van der Waals surface area contributed by atoms with Gasteiger partial charge in [0.2, 0.25) is 5.89 Å². The van der Waals surface area contributed by atoms with Gasteiger partial charge in [-0.05, 0) is 18.6 Å². The number of hydrogen-bond acceptors (Lipinski definition) is 5. The molecule has 0 aliphatic heterocycles. The lowest BCUT2D eigenvalue weighted by Crippen LogP contribution is -2.18. The molecule has 1 N–H and O–H groups in total. The van der Waals surface area contributed by atoms with Crippen molar-refractivity contribution in [2.24, 2.45) is 0 Å². The van der Waals surface area contributed by atoms with Crippen molar-refractivity contribution in [2.75, 3.05) is 20.3 Å². The zero-order valence-corrected chi connectivity index (χ0v) is 10.7. The summed E-state index contributed by atoms with van der Waals surface area (Å²) >= 11 is 0. The molecule has 0 saturated carbocycles. The molecule has 2 aromatic rings. The normalized spacial score (nSPS) is 11.0.